The van der Waals surface area contributed by atoms with Gasteiger partial charge in [0.2, 0.25) is 11.8 Å². The lowest BCUT2D eigenvalue weighted by molar-refractivity contribution is -0.128. The molecular weight excluding hydrogens is 428 g/mol. The minimum Gasteiger partial charge on any atom is -0.486 e. The first kappa shape index (κ1) is 22.7. The van der Waals surface area contributed by atoms with Gasteiger partial charge in [-0.25, -0.2) is 4.79 Å². The Bertz CT molecular complexity index is 985. The van der Waals surface area contributed by atoms with E-state index in [-0.39, 0.29) is 11.8 Å². The van der Waals surface area contributed by atoms with Crippen LogP contribution in [0.5, 0.6) is 11.5 Å². The normalized spacial score (nSPS) is 17.1. The van der Waals surface area contributed by atoms with E-state index in [0.29, 0.717) is 68.6 Å². The maximum Gasteiger partial charge on any atom is 0.325 e. The smallest absolute Gasteiger partial charge is 0.325 e. The molecule has 3 heterocycles. The Balaban J connectivity index is 1.20. The number of likely N-dealkylation sites (tertiary alicyclic amines) is 1. The number of fused-ring (bicyclic) bond motifs is 1. The Morgan fingerprint density at radius 2 is 1.85 bits per heavy atom. The summed E-state index contributed by atoms with van der Waals surface area (Å²) in [5.74, 6) is 1.36. The van der Waals surface area contributed by atoms with Gasteiger partial charge in [0.1, 0.15) is 19.0 Å². The molecule has 10 nitrogen and oxygen atoms in total. The minimum absolute atomic E-state index is 0.0121. The molecule has 33 heavy (non-hydrogen) atoms. The summed E-state index contributed by atoms with van der Waals surface area (Å²) in [5.41, 5.74) is 0.499. The van der Waals surface area contributed by atoms with E-state index >= 15 is 0 Å². The minimum atomic E-state index is -0.615. The van der Waals surface area contributed by atoms with E-state index in [9.17, 15) is 14.4 Å². The number of anilines is 1. The molecule has 0 aliphatic carbocycles. The number of amides is 4. The van der Waals surface area contributed by atoms with Gasteiger partial charge in [-0.2, -0.15) is 0 Å². The molecule has 2 aromatic rings. The van der Waals surface area contributed by atoms with Crippen LogP contribution in [0.25, 0.3) is 0 Å². The van der Waals surface area contributed by atoms with E-state index in [2.05, 4.69) is 16.0 Å². The maximum absolute atomic E-state index is 12.6. The maximum atomic E-state index is 12.6. The summed E-state index contributed by atoms with van der Waals surface area (Å²) in [7, 11) is 0. The van der Waals surface area contributed by atoms with Crippen molar-refractivity contribution in [3.05, 3.63) is 42.4 Å². The van der Waals surface area contributed by atoms with Gasteiger partial charge < -0.3 is 24.5 Å². The summed E-state index contributed by atoms with van der Waals surface area (Å²) in [6.07, 6.45) is 2.86. The molecule has 2 aliphatic rings. The standard InChI is InChI=1S/C23H28N4O6/c1-15(27-8-6-16(7-9-27)22(29)24-14-18-3-2-10-31-18)21(28)26-23(30)25-17-4-5-19-20(13-17)33-12-11-32-19/h2-5,10,13,15-16H,6-9,11-12,14H2,1H3,(H,24,29)(H2,25,26,28,30). The van der Waals surface area contributed by atoms with E-state index in [1.54, 1.807) is 37.5 Å². The van der Waals surface area contributed by atoms with Gasteiger partial charge in [-0.05, 0) is 57.1 Å². The second-order valence-corrected chi connectivity index (χ2v) is 8.09. The Morgan fingerprint density at radius 3 is 2.58 bits per heavy atom. The monoisotopic (exact) mass is 456 g/mol. The van der Waals surface area contributed by atoms with Gasteiger partial charge in [-0.3, -0.25) is 19.8 Å². The van der Waals surface area contributed by atoms with Gasteiger partial charge in [0.15, 0.2) is 11.5 Å². The molecule has 1 saturated heterocycles. The first-order chi connectivity index (χ1) is 16.0. The van der Waals surface area contributed by atoms with Crippen molar-refractivity contribution in [3.8, 4) is 11.5 Å². The topological polar surface area (TPSA) is 122 Å². The average molecular weight is 456 g/mol. The Morgan fingerprint density at radius 1 is 1.09 bits per heavy atom. The van der Waals surface area contributed by atoms with Crippen molar-refractivity contribution in [1.82, 2.24) is 15.5 Å². The van der Waals surface area contributed by atoms with Gasteiger partial charge in [0.25, 0.3) is 0 Å². The molecular formula is C23H28N4O6. The quantitative estimate of drug-likeness (QED) is 0.609. The summed E-state index contributed by atoms with van der Waals surface area (Å²) in [6, 6.07) is 7.53. The number of rotatable bonds is 6. The van der Waals surface area contributed by atoms with Crippen molar-refractivity contribution in [2.45, 2.75) is 32.4 Å². The Hall–Kier alpha value is -3.53. The fourth-order valence-corrected chi connectivity index (χ4v) is 3.95. The second kappa shape index (κ2) is 10.4. The highest BCUT2D eigenvalue weighted by Gasteiger charge is 2.30. The number of nitrogens with zero attached hydrogens (tertiary/aromatic N) is 1. The van der Waals surface area contributed by atoms with Crippen molar-refractivity contribution in [2.75, 3.05) is 31.6 Å². The van der Waals surface area contributed by atoms with Crippen molar-refractivity contribution >= 4 is 23.5 Å². The Labute approximate surface area is 191 Å². The lowest BCUT2D eigenvalue weighted by atomic mass is 9.95. The van der Waals surface area contributed by atoms with E-state index in [0.717, 1.165) is 0 Å². The molecule has 1 aromatic carbocycles. The summed E-state index contributed by atoms with van der Waals surface area (Å²) >= 11 is 0. The number of carbonyl (C=O) groups excluding carboxylic acids is 3. The van der Waals surface area contributed by atoms with Crippen LogP contribution in [0.4, 0.5) is 10.5 Å². The number of imide groups is 1. The molecule has 1 atom stereocenters. The SMILES string of the molecule is CC(C(=O)NC(=O)Nc1ccc2c(c1)OCCO2)N1CCC(C(=O)NCc2ccco2)CC1. The van der Waals surface area contributed by atoms with Crippen molar-refractivity contribution in [1.29, 1.82) is 0 Å². The molecule has 2 aliphatic heterocycles. The van der Waals surface area contributed by atoms with Crippen molar-refractivity contribution in [3.63, 3.8) is 0 Å². The van der Waals surface area contributed by atoms with Gasteiger partial charge in [-0.1, -0.05) is 0 Å². The number of carbonyl (C=O) groups is 3. The number of piperidine rings is 1. The third kappa shape index (κ3) is 5.83. The molecule has 1 aromatic heterocycles. The molecule has 4 rings (SSSR count). The van der Waals surface area contributed by atoms with Gasteiger partial charge in [0.05, 0.1) is 18.8 Å². The molecule has 176 valence electrons. The van der Waals surface area contributed by atoms with E-state index < -0.39 is 18.0 Å². The molecule has 1 unspecified atom stereocenters. The van der Waals surface area contributed by atoms with Crippen molar-refractivity contribution < 1.29 is 28.3 Å². The van der Waals surface area contributed by atoms with E-state index in [4.69, 9.17) is 13.9 Å². The van der Waals surface area contributed by atoms with E-state index in [1.807, 2.05) is 11.0 Å². The van der Waals surface area contributed by atoms with Crippen LogP contribution in [0.3, 0.4) is 0 Å². The number of ether oxygens (including phenoxy) is 2. The van der Waals surface area contributed by atoms with Crippen molar-refractivity contribution in [2.24, 2.45) is 5.92 Å². The first-order valence-corrected chi connectivity index (χ1v) is 11.1. The number of furan rings is 1. The van der Waals surface area contributed by atoms with Crippen LogP contribution < -0.4 is 25.4 Å². The van der Waals surface area contributed by atoms with Crippen LogP contribution in [0.2, 0.25) is 0 Å². The van der Waals surface area contributed by atoms with Crippen LogP contribution in [-0.2, 0) is 16.1 Å². The number of hydrogen-bond donors (Lipinski definition) is 3. The van der Waals surface area contributed by atoms with Gasteiger partial charge >= 0.3 is 6.03 Å². The zero-order valence-corrected chi connectivity index (χ0v) is 18.5. The third-order valence-corrected chi connectivity index (χ3v) is 5.88. The lowest BCUT2D eigenvalue weighted by Crippen LogP contribution is -2.51. The van der Waals surface area contributed by atoms with Crippen LogP contribution in [-0.4, -0.2) is 55.1 Å². The highest BCUT2D eigenvalue weighted by Crippen LogP contribution is 2.32. The van der Waals surface area contributed by atoms with E-state index in [1.165, 1.54) is 0 Å². The molecule has 10 heteroatoms. The molecule has 4 amide bonds. The first-order valence-electron chi connectivity index (χ1n) is 11.1. The summed E-state index contributed by atoms with van der Waals surface area (Å²) < 4.78 is 16.2. The van der Waals surface area contributed by atoms with Crippen LogP contribution in [0, 0.1) is 5.92 Å². The predicted molar refractivity (Wildman–Crippen MR) is 119 cm³/mol. The molecule has 3 N–H and O–H groups in total. The summed E-state index contributed by atoms with van der Waals surface area (Å²) in [4.78, 5) is 39.2. The van der Waals surface area contributed by atoms with Crippen LogP contribution in [0.15, 0.2) is 41.0 Å². The highest BCUT2D eigenvalue weighted by molar-refractivity contribution is 6.02. The van der Waals surface area contributed by atoms with Gasteiger partial charge in [-0.15, -0.1) is 0 Å². The number of hydrogen-bond acceptors (Lipinski definition) is 7. The molecule has 0 saturated carbocycles. The highest BCUT2D eigenvalue weighted by atomic mass is 16.6. The fourth-order valence-electron chi connectivity index (χ4n) is 3.95. The third-order valence-electron chi connectivity index (χ3n) is 5.88. The number of nitrogens with one attached hydrogen (secondary N) is 3. The van der Waals surface area contributed by atoms with Gasteiger partial charge in [0, 0.05) is 17.7 Å². The molecule has 1 fully saturated rings. The summed E-state index contributed by atoms with van der Waals surface area (Å²) in [5, 5.41) is 7.92. The zero-order chi connectivity index (χ0) is 23.2. The predicted octanol–water partition coefficient (Wildman–Crippen LogP) is 2.12. The fraction of sp³-hybridized carbons (Fsp3) is 0.435. The summed E-state index contributed by atoms with van der Waals surface area (Å²) in [6.45, 7) is 4.24. The second-order valence-electron chi connectivity index (χ2n) is 8.09. The largest absolute Gasteiger partial charge is 0.486 e. The Kier molecular flexibility index (Phi) is 7.13. The molecule has 0 bridgehead atoms. The average Bonchev–Trinajstić information content (AvgIpc) is 3.35. The zero-order valence-electron chi connectivity index (χ0n) is 18.5. The number of benzene rings is 1. The van der Waals surface area contributed by atoms with Crippen LogP contribution in [0.1, 0.15) is 25.5 Å². The lowest BCUT2D eigenvalue weighted by Gasteiger charge is -2.34. The number of urea groups is 1. The van der Waals surface area contributed by atoms with Crippen LogP contribution >= 0.6 is 0 Å². The molecule has 0 radical (unpaired) electrons. The molecule has 0 spiro atoms.